The van der Waals surface area contributed by atoms with Crippen LogP contribution in [0.2, 0.25) is 0 Å². The van der Waals surface area contributed by atoms with Crippen LogP contribution in [-0.4, -0.2) is 29.4 Å². The minimum atomic E-state index is -0.396. The molecule has 1 fully saturated rings. The van der Waals surface area contributed by atoms with Crippen molar-refractivity contribution in [2.45, 2.75) is 6.42 Å². The van der Waals surface area contributed by atoms with Crippen molar-refractivity contribution in [3.8, 4) is 5.75 Å². The summed E-state index contributed by atoms with van der Waals surface area (Å²) in [5, 5.41) is 19.4. The molecule has 0 aromatic heterocycles. The van der Waals surface area contributed by atoms with Crippen LogP contribution in [0.4, 0.5) is 11.4 Å². The topological polar surface area (TPSA) is 108 Å². The van der Waals surface area contributed by atoms with E-state index in [4.69, 9.17) is 0 Å². The van der Waals surface area contributed by atoms with Crippen molar-refractivity contribution in [2.24, 2.45) is 5.92 Å². The highest BCUT2D eigenvalue weighted by Crippen LogP contribution is 2.24. The fraction of sp³-hybridized carbons (Fsp3) is 0.136. The van der Waals surface area contributed by atoms with Crippen LogP contribution in [0, 0.1) is 5.92 Å². The van der Waals surface area contributed by atoms with Gasteiger partial charge in [-0.25, -0.2) is 0 Å². The van der Waals surface area contributed by atoms with Gasteiger partial charge >= 0.3 is 0 Å². The molecule has 3 aromatic carbocycles. The fourth-order valence-corrected chi connectivity index (χ4v) is 3.38. The van der Waals surface area contributed by atoms with Crippen molar-refractivity contribution >= 4 is 39.9 Å². The van der Waals surface area contributed by atoms with E-state index in [-0.39, 0.29) is 29.9 Å². The Bertz CT molecular complexity index is 1130. The monoisotopic (exact) mass is 389 g/mol. The fourth-order valence-electron chi connectivity index (χ4n) is 3.38. The van der Waals surface area contributed by atoms with Crippen LogP contribution in [0.5, 0.6) is 5.75 Å². The lowest BCUT2D eigenvalue weighted by molar-refractivity contribution is -0.123. The number of phenols is 1. The van der Waals surface area contributed by atoms with Gasteiger partial charge in [-0.3, -0.25) is 14.4 Å². The van der Waals surface area contributed by atoms with Crippen LogP contribution in [0.1, 0.15) is 16.8 Å². The van der Waals surface area contributed by atoms with Gasteiger partial charge in [-0.05, 0) is 53.2 Å². The van der Waals surface area contributed by atoms with E-state index in [1.165, 1.54) is 6.07 Å². The van der Waals surface area contributed by atoms with Crippen molar-refractivity contribution < 1.29 is 19.5 Å². The minimum Gasteiger partial charge on any atom is -0.508 e. The Morgan fingerprint density at radius 2 is 1.72 bits per heavy atom. The Morgan fingerprint density at radius 3 is 2.48 bits per heavy atom. The lowest BCUT2D eigenvalue weighted by atomic mass is 10.0. The Morgan fingerprint density at radius 1 is 0.966 bits per heavy atom. The van der Waals surface area contributed by atoms with E-state index in [0.717, 1.165) is 10.8 Å². The second-order valence-electron chi connectivity index (χ2n) is 6.94. The number of amides is 3. The van der Waals surface area contributed by atoms with E-state index >= 15 is 0 Å². The van der Waals surface area contributed by atoms with E-state index in [0.29, 0.717) is 23.5 Å². The van der Waals surface area contributed by atoms with Crippen molar-refractivity contribution in [1.29, 1.82) is 0 Å². The first-order valence-corrected chi connectivity index (χ1v) is 9.20. The van der Waals surface area contributed by atoms with Crippen LogP contribution < -0.4 is 16.0 Å². The molecule has 146 valence electrons. The lowest BCUT2D eigenvalue weighted by Gasteiger charge is -2.12. The Hall–Kier alpha value is -3.87. The summed E-state index contributed by atoms with van der Waals surface area (Å²) in [5.41, 5.74) is 1.55. The summed E-state index contributed by atoms with van der Waals surface area (Å²) in [4.78, 5) is 36.3. The van der Waals surface area contributed by atoms with Gasteiger partial charge in [-0.1, -0.05) is 18.2 Å². The molecule has 0 saturated carbocycles. The predicted octanol–water partition coefficient (Wildman–Crippen LogP) is 2.87. The van der Waals surface area contributed by atoms with Crippen LogP contribution in [0.15, 0.2) is 60.7 Å². The quantitative estimate of drug-likeness (QED) is 0.550. The van der Waals surface area contributed by atoms with Crippen LogP contribution in [0.3, 0.4) is 0 Å². The molecule has 1 aliphatic rings. The first kappa shape index (κ1) is 18.5. The predicted molar refractivity (Wildman–Crippen MR) is 110 cm³/mol. The number of phenolic OH excluding ortho intramolecular Hbond substituents is 1. The molecular weight excluding hydrogens is 370 g/mol. The van der Waals surface area contributed by atoms with E-state index in [2.05, 4.69) is 16.0 Å². The number of nitrogens with one attached hydrogen (secondary N) is 3. The smallest absolute Gasteiger partial charge is 0.256 e. The molecule has 0 aliphatic carbocycles. The average Bonchev–Trinajstić information content (AvgIpc) is 3.14. The van der Waals surface area contributed by atoms with Gasteiger partial charge in [0.2, 0.25) is 11.8 Å². The van der Waals surface area contributed by atoms with Gasteiger partial charge in [-0.2, -0.15) is 0 Å². The minimum absolute atomic E-state index is 0.130. The van der Waals surface area contributed by atoms with E-state index in [1.54, 1.807) is 48.5 Å². The van der Waals surface area contributed by atoms with Crippen molar-refractivity contribution in [3.05, 3.63) is 66.2 Å². The molecule has 1 heterocycles. The molecule has 0 unspecified atom stereocenters. The number of anilines is 2. The van der Waals surface area contributed by atoms with Crippen molar-refractivity contribution in [3.63, 3.8) is 0 Å². The lowest BCUT2D eigenvalue weighted by Crippen LogP contribution is -2.24. The van der Waals surface area contributed by atoms with E-state index < -0.39 is 5.92 Å². The van der Waals surface area contributed by atoms with Gasteiger partial charge in [0.25, 0.3) is 5.91 Å². The average molecular weight is 389 g/mol. The molecule has 4 N–H and O–H groups in total. The summed E-state index contributed by atoms with van der Waals surface area (Å²) in [7, 11) is 0. The zero-order chi connectivity index (χ0) is 20.4. The van der Waals surface area contributed by atoms with Crippen molar-refractivity contribution in [1.82, 2.24) is 5.32 Å². The first-order valence-electron chi connectivity index (χ1n) is 9.20. The van der Waals surface area contributed by atoms with Crippen LogP contribution >= 0.6 is 0 Å². The molecule has 1 saturated heterocycles. The molecule has 1 atom stereocenters. The number of fused-ring (bicyclic) bond motifs is 1. The number of carbonyl (C=O) groups excluding carboxylic acids is 3. The molecule has 3 aromatic rings. The highest BCUT2D eigenvalue weighted by atomic mass is 16.3. The molecule has 7 heteroatoms. The third-order valence-electron chi connectivity index (χ3n) is 4.84. The van der Waals surface area contributed by atoms with Gasteiger partial charge in [0, 0.05) is 29.9 Å². The molecule has 0 radical (unpaired) electrons. The summed E-state index contributed by atoms with van der Waals surface area (Å²) < 4.78 is 0. The number of hydrogen-bond acceptors (Lipinski definition) is 4. The first-order chi connectivity index (χ1) is 14.0. The zero-order valence-electron chi connectivity index (χ0n) is 15.4. The molecule has 0 bridgehead atoms. The van der Waals surface area contributed by atoms with Crippen LogP contribution in [0.25, 0.3) is 10.8 Å². The van der Waals surface area contributed by atoms with Crippen molar-refractivity contribution in [2.75, 3.05) is 17.2 Å². The third kappa shape index (κ3) is 4.03. The number of hydrogen-bond donors (Lipinski definition) is 4. The summed E-state index contributed by atoms with van der Waals surface area (Å²) in [6.07, 6.45) is 0.179. The van der Waals surface area contributed by atoms with E-state index in [9.17, 15) is 19.5 Å². The maximum absolute atomic E-state index is 12.8. The Labute approximate surface area is 166 Å². The second-order valence-corrected chi connectivity index (χ2v) is 6.94. The summed E-state index contributed by atoms with van der Waals surface area (Å²) in [5.74, 6) is -0.920. The maximum atomic E-state index is 12.8. The molecule has 4 rings (SSSR count). The summed E-state index contributed by atoms with van der Waals surface area (Å²) >= 11 is 0. The molecule has 0 spiro atoms. The number of benzene rings is 3. The molecule has 1 aliphatic heterocycles. The Balaban J connectivity index is 1.50. The molecule has 7 nitrogen and oxygen atoms in total. The van der Waals surface area contributed by atoms with Gasteiger partial charge < -0.3 is 21.1 Å². The summed E-state index contributed by atoms with van der Waals surface area (Å²) in [6.45, 7) is 0.331. The van der Waals surface area contributed by atoms with Gasteiger partial charge in [-0.15, -0.1) is 0 Å². The molecular formula is C22H19N3O4. The normalized spacial score (nSPS) is 15.7. The SMILES string of the molecule is O=C1C[C@@H](C(=O)Nc2cccc(NC(=O)c3cccc4cc(O)ccc34)c2)CN1. The van der Waals surface area contributed by atoms with Gasteiger partial charge in [0.1, 0.15) is 5.75 Å². The zero-order valence-corrected chi connectivity index (χ0v) is 15.4. The largest absolute Gasteiger partial charge is 0.508 e. The second kappa shape index (κ2) is 7.63. The molecule has 3 amide bonds. The van der Waals surface area contributed by atoms with Gasteiger partial charge in [0.15, 0.2) is 0 Å². The van der Waals surface area contributed by atoms with Crippen LogP contribution in [-0.2, 0) is 9.59 Å². The maximum Gasteiger partial charge on any atom is 0.256 e. The summed E-state index contributed by atoms with van der Waals surface area (Å²) in [6, 6.07) is 17.0. The van der Waals surface area contributed by atoms with E-state index in [1.807, 2.05) is 6.07 Å². The molecule has 29 heavy (non-hydrogen) atoms. The van der Waals surface area contributed by atoms with Gasteiger partial charge in [0.05, 0.1) is 5.92 Å². The number of carbonyl (C=O) groups is 3. The number of aromatic hydroxyl groups is 1. The number of rotatable bonds is 4. The standard InChI is InChI=1S/C22H19N3O4/c26-17-7-8-18-13(9-17)3-1-6-19(18)22(29)25-16-5-2-4-15(11-16)24-21(28)14-10-20(27)23-12-14/h1-9,11,14,26H,10,12H2,(H,23,27)(H,24,28)(H,25,29)/t14-/m1/s1. The highest BCUT2D eigenvalue weighted by Gasteiger charge is 2.27. The highest BCUT2D eigenvalue weighted by molar-refractivity contribution is 6.13. The third-order valence-corrected chi connectivity index (χ3v) is 4.84. The Kier molecular flexibility index (Phi) is 4.87.